The number of benzene rings is 2. The minimum Gasteiger partial charge on any atom is -0.387 e. The SMILES string of the molecule is CNc1ccc([N+](=O)[O-])cc1C(=O)NCc1ccc(NC(=O)C2CC2)cc1. The van der Waals surface area contributed by atoms with Crippen LogP contribution in [0, 0.1) is 16.0 Å². The zero-order chi connectivity index (χ0) is 19.4. The largest absolute Gasteiger partial charge is 0.387 e. The Hall–Kier alpha value is -3.42. The van der Waals surface area contributed by atoms with Crippen LogP contribution in [0.1, 0.15) is 28.8 Å². The second kappa shape index (κ2) is 7.86. The Morgan fingerprint density at radius 3 is 2.44 bits per heavy atom. The maximum atomic E-state index is 12.4. The first-order chi connectivity index (χ1) is 13.0. The number of nitrogens with one attached hydrogen (secondary N) is 3. The van der Waals surface area contributed by atoms with Gasteiger partial charge in [-0.1, -0.05) is 12.1 Å². The molecule has 1 saturated carbocycles. The number of nitro benzene ring substituents is 1. The molecule has 0 saturated heterocycles. The van der Waals surface area contributed by atoms with E-state index in [1.807, 2.05) is 12.1 Å². The molecule has 3 N–H and O–H groups in total. The second-order valence-electron chi connectivity index (χ2n) is 6.38. The lowest BCUT2D eigenvalue weighted by atomic mass is 10.1. The summed E-state index contributed by atoms with van der Waals surface area (Å²) in [4.78, 5) is 34.6. The fourth-order valence-corrected chi connectivity index (χ4v) is 2.63. The summed E-state index contributed by atoms with van der Waals surface area (Å²) >= 11 is 0. The van der Waals surface area contributed by atoms with Crippen molar-refractivity contribution in [3.63, 3.8) is 0 Å². The van der Waals surface area contributed by atoms with Crippen LogP contribution in [0.25, 0.3) is 0 Å². The Morgan fingerprint density at radius 1 is 1.15 bits per heavy atom. The van der Waals surface area contributed by atoms with Gasteiger partial charge < -0.3 is 16.0 Å². The molecular weight excluding hydrogens is 348 g/mol. The first kappa shape index (κ1) is 18.4. The summed E-state index contributed by atoms with van der Waals surface area (Å²) in [6, 6.07) is 11.3. The molecule has 2 amide bonds. The molecule has 1 aliphatic carbocycles. The van der Waals surface area contributed by atoms with Crippen LogP contribution in [0.5, 0.6) is 0 Å². The molecule has 0 unspecified atom stereocenters. The van der Waals surface area contributed by atoms with E-state index in [4.69, 9.17) is 0 Å². The summed E-state index contributed by atoms with van der Waals surface area (Å²) in [5.41, 5.74) is 2.15. The molecule has 0 spiro atoms. The zero-order valence-electron chi connectivity index (χ0n) is 14.8. The van der Waals surface area contributed by atoms with E-state index in [2.05, 4.69) is 16.0 Å². The van der Waals surface area contributed by atoms with E-state index in [1.54, 1.807) is 19.2 Å². The van der Waals surface area contributed by atoms with Crippen LogP contribution in [-0.4, -0.2) is 23.8 Å². The number of anilines is 2. The third-order valence-electron chi connectivity index (χ3n) is 4.35. The molecule has 8 nitrogen and oxygen atoms in total. The van der Waals surface area contributed by atoms with E-state index >= 15 is 0 Å². The lowest BCUT2D eigenvalue weighted by Gasteiger charge is -2.10. The van der Waals surface area contributed by atoms with Crippen LogP contribution in [0.15, 0.2) is 42.5 Å². The van der Waals surface area contributed by atoms with Crippen molar-refractivity contribution in [2.75, 3.05) is 17.7 Å². The van der Waals surface area contributed by atoms with Crippen molar-refractivity contribution in [3.05, 3.63) is 63.7 Å². The van der Waals surface area contributed by atoms with Gasteiger partial charge in [-0.2, -0.15) is 0 Å². The van der Waals surface area contributed by atoms with E-state index in [0.29, 0.717) is 5.69 Å². The number of hydrogen-bond donors (Lipinski definition) is 3. The minimum atomic E-state index is -0.537. The molecule has 2 aromatic carbocycles. The first-order valence-electron chi connectivity index (χ1n) is 8.62. The van der Waals surface area contributed by atoms with Crippen LogP contribution in [0.4, 0.5) is 17.1 Å². The molecule has 140 valence electrons. The van der Waals surface area contributed by atoms with Crippen molar-refractivity contribution < 1.29 is 14.5 Å². The molecule has 0 radical (unpaired) electrons. The maximum Gasteiger partial charge on any atom is 0.270 e. The topological polar surface area (TPSA) is 113 Å². The van der Waals surface area contributed by atoms with Gasteiger partial charge in [-0.3, -0.25) is 19.7 Å². The Morgan fingerprint density at radius 2 is 1.85 bits per heavy atom. The predicted molar refractivity (Wildman–Crippen MR) is 102 cm³/mol. The van der Waals surface area contributed by atoms with Gasteiger partial charge in [0, 0.05) is 43.0 Å². The fraction of sp³-hybridized carbons (Fsp3) is 0.263. The van der Waals surface area contributed by atoms with Gasteiger partial charge in [-0.05, 0) is 36.6 Å². The van der Waals surface area contributed by atoms with Gasteiger partial charge in [0.05, 0.1) is 10.5 Å². The number of carbonyl (C=O) groups excluding carboxylic acids is 2. The van der Waals surface area contributed by atoms with Crippen molar-refractivity contribution in [2.24, 2.45) is 5.92 Å². The highest BCUT2D eigenvalue weighted by Gasteiger charge is 2.29. The van der Waals surface area contributed by atoms with E-state index in [1.165, 1.54) is 18.2 Å². The summed E-state index contributed by atoms with van der Waals surface area (Å²) in [6.45, 7) is 0.265. The first-order valence-corrected chi connectivity index (χ1v) is 8.62. The van der Waals surface area contributed by atoms with E-state index in [9.17, 15) is 19.7 Å². The van der Waals surface area contributed by atoms with Crippen molar-refractivity contribution in [1.29, 1.82) is 0 Å². The summed E-state index contributed by atoms with van der Waals surface area (Å²) in [7, 11) is 1.65. The van der Waals surface area contributed by atoms with E-state index in [-0.39, 0.29) is 29.6 Å². The lowest BCUT2D eigenvalue weighted by molar-refractivity contribution is -0.384. The molecule has 0 aliphatic heterocycles. The van der Waals surface area contributed by atoms with Gasteiger partial charge in [-0.15, -0.1) is 0 Å². The third-order valence-corrected chi connectivity index (χ3v) is 4.35. The molecule has 0 heterocycles. The number of nitrogens with zero attached hydrogens (tertiary/aromatic N) is 1. The average Bonchev–Trinajstić information content (AvgIpc) is 3.52. The Bertz CT molecular complexity index is 876. The minimum absolute atomic E-state index is 0.0429. The van der Waals surface area contributed by atoms with Crippen molar-refractivity contribution in [1.82, 2.24) is 5.32 Å². The second-order valence-corrected chi connectivity index (χ2v) is 6.38. The number of carbonyl (C=O) groups is 2. The van der Waals surface area contributed by atoms with Crippen LogP contribution in [-0.2, 0) is 11.3 Å². The summed E-state index contributed by atoms with van der Waals surface area (Å²) < 4.78 is 0. The molecule has 1 fully saturated rings. The zero-order valence-corrected chi connectivity index (χ0v) is 14.8. The number of hydrogen-bond acceptors (Lipinski definition) is 5. The number of nitro groups is 1. The van der Waals surface area contributed by atoms with Gasteiger partial charge in [-0.25, -0.2) is 0 Å². The van der Waals surface area contributed by atoms with Crippen molar-refractivity contribution >= 4 is 28.9 Å². The number of rotatable bonds is 7. The van der Waals surface area contributed by atoms with Gasteiger partial charge in [0.15, 0.2) is 0 Å². The Kier molecular flexibility index (Phi) is 5.35. The summed E-state index contributed by atoms with van der Waals surface area (Å²) in [5, 5.41) is 19.4. The van der Waals surface area contributed by atoms with Crippen LogP contribution in [0.2, 0.25) is 0 Å². The molecule has 0 atom stereocenters. The van der Waals surface area contributed by atoms with Gasteiger partial charge in [0.25, 0.3) is 11.6 Å². The molecular formula is C19H20N4O4. The quantitative estimate of drug-likeness (QED) is 0.514. The number of amides is 2. The van der Waals surface area contributed by atoms with Gasteiger partial charge >= 0.3 is 0 Å². The standard InChI is InChI=1S/C19H20N4O4/c1-20-17-9-8-15(23(26)27)10-16(17)19(25)21-11-12-2-6-14(7-3-12)22-18(24)13-4-5-13/h2-3,6-10,13,20H,4-5,11H2,1H3,(H,21,25)(H,22,24). The van der Waals surface area contributed by atoms with E-state index < -0.39 is 10.8 Å². The van der Waals surface area contributed by atoms with Crippen molar-refractivity contribution in [2.45, 2.75) is 19.4 Å². The predicted octanol–water partition coefficient (Wildman–Crippen LogP) is 2.92. The van der Waals surface area contributed by atoms with E-state index in [0.717, 1.165) is 24.1 Å². The monoisotopic (exact) mass is 368 g/mol. The Balaban J connectivity index is 1.62. The van der Waals surface area contributed by atoms with Crippen LogP contribution in [0.3, 0.4) is 0 Å². The van der Waals surface area contributed by atoms with Gasteiger partial charge in [0.2, 0.25) is 5.91 Å². The van der Waals surface area contributed by atoms with Crippen molar-refractivity contribution in [3.8, 4) is 0 Å². The fourth-order valence-electron chi connectivity index (χ4n) is 2.63. The summed E-state index contributed by atoms with van der Waals surface area (Å²) in [6.07, 6.45) is 1.89. The van der Waals surface area contributed by atoms with Gasteiger partial charge in [0.1, 0.15) is 0 Å². The summed E-state index contributed by atoms with van der Waals surface area (Å²) in [5.74, 6) is -0.226. The Labute approximate surface area is 156 Å². The molecule has 3 rings (SSSR count). The highest BCUT2D eigenvalue weighted by Crippen LogP contribution is 2.30. The third kappa shape index (κ3) is 4.60. The smallest absolute Gasteiger partial charge is 0.270 e. The highest BCUT2D eigenvalue weighted by molar-refractivity contribution is 6.00. The van der Waals surface area contributed by atoms with Crippen LogP contribution >= 0.6 is 0 Å². The highest BCUT2D eigenvalue weighted by atomic mass is 16.6. The molecule has 27 heavy (non-hydrogen) atoms. The normalized spacial score (nSPS) is 12.9. The molecule has 0 bridgehead atoms. The average molecular weight is 368 g/mol. The lowest BCUT2D eigenvalue weighted by Crippen LogP contribution is -2.24. The molecule has 0 aromatic heterocycles. The maximum absolute atomic E-state index is 12.4. The molecule has 8 heteroatoms. The van der Waals surface area contributed by atoms with Crippen LogP contribution < -0.4 is 16.0 Å². The molecule has 2 aromatic rings. The molecule has 1 aliphatic rings. The number of non-ortho nitro benzene ring substituents is 1.